The summed E-state index contributed by atoms with van der Waals surface area (Å²) >= 11 is 0. The fraction of sp³-hybridized carbons (Fsp3) is 0.714. The molecule has 0 saturated carbocycles. The van der Waals surface area contributed by atoms with Gasteiger partial charge in [-0.05, 0) is 7.05 Å². The predicted molar refractivity (Wildman–Crippen MR) is 44.8 cm³/mol. The largest absolute Gasteiger partial charge is 0.522 e. The zero-order chi connectivity index (χ0) is 11.3. The fourth-order valence-electron chi connectivity index (χ4n) is 0.965. The van der Waals surface area contributed by atoms with Crippen LogP contribution in [-0.4, -0.2) is 35.0 Å². The molecule has 0 amide bonds. The van der Waals surface area contributed by atoms with E-state index in [4.69, 9.17) is 0 Å². The zero-order valence-electron chi connectivity index (χ0n) is 8.08. The average Bonchev–Trinajstić information content (AvgIpc) is 2.51. The van der Waals surface area contributed by atoms with E-state index in [1.54, 1.807) is 13.2 Å². The SMILES string of the molecule is CNCc1cn(CCOC(F)(F)F)nn1. The molecule has 0 unspecified atom stereocenters. The number of alkyl halides is 3. The van der Waals surface area contributed by atoms with Crippen LogP contribution in [0.3, 0.4) is 0 Å². The van der Waals surface area contributed by atoms with Crippen LogP contribution in [0.15, 0.2) is 6.20 Å². The topological polar surface area (TPSA) is 52.0 Å². The second kappa shape index (κ2) is 5.08. The summed E-state index contributed by atoms with van der Waals surface area (Å²) in [7, 11) is 1.74. The molecule has 5 nitrogen and oxygen atoms in total. The van der Waals surface area contributed by atoms with E-state index >= 15 is 0 Å². The monoisotopic (exact) mass is 224 g/mol. The van der Waals surface area contributed by atoms with E-state index in [0.29, 0.717) is 12.2 Å². The van der Waals surface area contributed by atoms with E-state index < -0.39 is 13.0 Å². The van der Waals surface area contributed by atoms with Crippen molar-refractivity contribution in [1.82, 2.24) is 20.3 Å². The molecule has 0 spiro atoms. The molecule has 1 aromatic heterocycles. The Kier molecular flexibility index (Phi) is 4.04. The molecule has 15 heavy (non-hydrogen) atoms. The molecule has 0 bridgehead atoms. The molecule has 1 heterocycles. The minimum Gasteiger partial charge on any atom is -0.314 e. The summed E-state index contributed by atoms with van der Waals surface area (Å²) in [6, 6.07) is 0. The third kappa shape index (κ3) is 4.75. The van der Waals surface area contributed by atoms with Crippen molar-refractivity contribution in [3.8, 4) is 0 Å². The third-order valence-corrected chi connectivity index (χ3v) is 1.53. The predicted octanol–water partition coefficient (Wildman–Crippen LogP) is 0.534. The van der Waals surface area contributed by atoms with Crippen LogP contribution in [0.1, 0.15) is 5.69 Å². The summed E-state index contributed by atoms with van der Waals surface area (Å²) in [4.78, 5) is 0. The quantitative estimate of drug-likeness (QED) is 0.792. The number of rotatable bonds is 5. The Hall–Kier alpha value is -1.15. The lowest BCUT2D eigenvalue weighted by atomic mass is 10.5. The van der Waals surface area contributed by atoms with Crippen LogP contribution in [0.2, 0.25) is 0 Å². The first-order valence-electron chi connectivity index (χ1n) is 4.25. The van der Waals surface area contributed by atoms with Gasteiger partial charge < -0.3 is 5.32 Å². The van der Waals surface area contributed by atoms with E-state index in [-0.39, 0.29) is 6.54 Å². The number of aromatic nitrogens is 3. The van der Waals surface area contributed by atoms with Crippen LogP contribution in [0.5, 0.6) is 0 Å². The first-order valence-corrected chi connectivity index (χ1v) is 4.25. The molecular formula is C7H11F3N4O. The van der Waals surface area contributed by atoms with Gasteiger partial charge in [-0.1, -0.05) is 5.21 Å². The molecule has 1 aromatic rings. The molecule has 0 radical (unpaired) electrons. The van der Waals surface area contributed by atoms with Crippen LogP contribution in [-0.2, 0) is 17.8 Å². The molecule has 0 fully saturated rings. The Morgan fingerprint density at radius 2 is 2.27 bits per heavy atom. The number of hydrogen-bond acceptors (Lipinski definition) is 4. The molecule has 0 aliphatic heterocycles. The van der Waals surface area contributed by atoms with Gasteiger partial charge in [-0.2, -0.15) is 0 Å². The first kappa shape index (κ1) is 11.9. The maximum absolute atomic E-state index is 11.6. The van der Waals surface area contributed by atoms with Gasteiger partial charge in [-0.3, -0.25) is 4.74 Å². The molecular weight excluding hydrogens is 213 g/mol. The number of nitrogens with zero attached hydrogens (tertiary/aromatic N) is 3. The van der Waals surface area contributed by atoms with Crippen LogP contribution in [0, 0.1) is 0 Å². The molecule has 8 heteroatoms. The minimum absolute atomic E-state index is 0.0240. The van der Waals surface area contributed by atoms with Crippen molar-refractivity contribution < 1.29 is 17.9 Å². The van der Waals surface area contributed by atoms with Gasteiger partial charge >= 0.3 is 6.36 Å². The van der Waals surface area contributed by atoms with Crippen LogP contribution in [0.4, 0.5) is 13.2 Å². The number of hydrogen-bond donors (Lipinski definition) is 1. The van der Waals surface area contributed by atoms with E-state index in [9.17, 15) is 13.2 Å². The lowest BCUT2D eigenvalue weighted by Gasteiger charge is -2.06. The summed E-state index contributed by atoms with van der Waals surface area (Å²) in [5.74, 6) is 0. The normalized spacial score (nSPS) is 12.0. The van der Waals surface area contributed by atoms with Gasteiger partial charge in [0, 0.05) is 12.7 Å². The molecule has 86 valence electrons. The highest BCUT2D eigenvalue weighted by molar-refractivity contribution is 4.90. The van der Waals surface area contributed by atoms with Gasteiger partial charge in [-0.15, -0.1) is 18.3 Å². The second-order valence-corrected chi connectivity index (χ2v) is 2.80. The highest BCUT2D eigenvalue weighted by Gasteiger charge is 2.28. The van der Waals surface area contributed by atoms with Gasteiger partial charge in [0.15, 0.2) is 0 Å². The van der Waals surface area contributed by atoms with Crippen molar-refractivity contribution in [1.29, 1.82) is 0 Å². The number of nitrogens with one attached hydrogen (secondary N) is 1. The van der Waals surface area contributed by atoms with Gasteiger partial charge in [0.1, 0.15) is 0 Å². The highest BCUT2D eigenvalue weighted by Crippen LogP contribution is 2.15. The molecule has 0 aliphatic rings. The Morgan fingerprint density at radius 3 is 2.87 bits per heavy atom. The molecule has 0 aliphatic carbocycles. The van der Waals surface area contributed by atoms with Crippen LogP contribution >= 0.6 is 0 Å². The summed E-state index contributed by atoms with van der Waals surface area (Å²) < 4.78 is 39.7. The fourth-order valence-corrected chi connectivity index (χ4v) is 0.965. The van der Waals surface area contributed by atoms with E-state index in [1.165, 1.54) is 4.68 Å². The minimum atomic E-state index is -4.59. The third-order valence-electron chi connectivity index (χ3n) is 1.53. The highest BCUT2D eigenvalue weighted by atomic mass is 19.4. The van der Waals surface area contributed by atoms with Crippen LogP contribution < -0.4 is 5.32 Å². The molecule has 1 rings (SSSR count). The molecule has 0 aromatic carbocycles. The zero-order valence-corrected chi connectivity index (χ0v) is 8.08. The van der Waals surface area contributed by atoms with Crippen molar-refractivity contribution in [2.24, 2.45) is 0 Å². The van der Waals surface area contributed by atoms with E-state index in [1.807, 2.05) is 0 Å². The lowest BCUT2D eigenvalue weighted by Crippen LogP contribution is -2.17. The Bertz CT molecular complexity index is 299. The van der Waals surface area contributed by atoms with Crippen LogP contribution in [0.25, 0.3) is 0 Å². The molecule has 0 saturated heterocycles. The standard InChI is InChI=1S/C7H11F3N4O/c1-11-4-6-5-14(13-12-6)2-3-15-7(8,9)10/h5,11H,2-4H2,1H3. The Labute approximate surface area is 84.2 Å². The van der Waals surface area contributed by atoms with Gasteiger partial charge in [-0.25, -0.2) is 4.68 Å². The smallest absolute Gasteiger partial charge is 0.314 e. The Balaban J connectivity index is 2.31. The summed E-state index contributed by atoms with van der Waals surface area (Å²) in [6.07, 6.45) is -3.02. The molecule has 1 N–H and O–H groups in total. The maximum atomic E-state index is 11.6. The number of halogens is 3. The number of ether oxygens (including phenoxy) is 1. The lowest BCUT2D eigenvalue weighted by molar-refractivity contribution is -0.325. The van der Waals surface area contributed by atoms with Crippen molar-refractivity contribution in [3.05, 3.63) is 11.9 Å². The van der Waals surface area contributed by atoms with Crippen molar-refractivity contribution in [3.63, 3.8) is 0 Å². The summed E-state index contributed by atoms with van der Waals surface area (Å²) in [5.41, 5.74) is 0.671. The second-order valence-electron chi connectivity index (χ2n) is 2.80. The first-order chi connectivity index (χ1) is 7.01. The average molecular weight is 224 g/mol. The summed E-state index contributed by atoms with van der Waals surface area (Å²) in [5, 5.41) is 10.2. The van der Waals surface area contributed by atoms with Gasteiger partial charge in [0.05, 0.1) is 18.8 Å². The van der Waals surface area contributed by atoms with Crippen molar-refractivity contribution >= 4 is 0 Å². The van der Waals surface area contributed by atoms with E-state index in [2.05, 4.69) is 20.4 Å². The van der Waals surface area contributed by atoms with Gasteiger partial charge in [0.25, 0.3) is 0 Å². The van der Waals surface area contributed by atoms with E-state index in [0.717, 1.165) is 0 Å². The van der Waals surface area contributed by atoms with Crippen molar-refractivity contribution in [2.45, 2.75) is 19.5 Å². The summed E-state index contributed by atoms with van der Waals surface area (Å²) in [6.45, 7) is 0.0855. The Morgan fingerprint density at radius 1 is 1.53 bits per heavy atom. The maximum Gasteiger partial charge on any atom is 0.522 e. The van der Waals surface area contributed by atoms with Gasteiger partial charge in [0.2, 0.25) is 0 Å². The molecule has 0 atom stereocenters. The van der Waals surface area contributed by atoms with Crippen molar-refractivity contribution in [2.75, 3.05) is 13.7 Å².